The average molecular weight is 390 g/mol. The molecular formula is C23H22N2O4. The Bertz CT molecular complexity index is 1010. The summed E-state index contributed by atoms with van der Waals surface area (Å²) >= 11 is 0. The number of amides is 2. The third-order valence-corrected chi connectivity index (χ3v) is 4.54. The van der Waals surface area contributed by atoms with Gasteiger partial charge in [0, 0.05) is 12.7 Å². The molecule has 0 radical (unpaired) electrons. The van der Waals surface area contributed by atoms with E-state index in [1.165, 1.54) is 4.90 Å². The molecule has 0 aliphatic rings. The van der Waals surface area contributed by atoms with Crippen LogP contribution in [0.3, 0.4) is 0 Å². The third-order valence-electron chi connectivity index (χ3n) is 4.54. The fourth-order valence-corrected chi connectivity index (χ4v) is 2.94. The van der Waals surface area contributed by atoms with E-state index in [-0.39, 0.29) is 31.4 Å². The summed E-state index contributed by atoms with van der Waals surface area (Å²) < 4.78 is 4.97. The van der Waals surface area contributed by atoms with Gasteiger partial charge in [0.2, 0.25) is 5.91 Å². The van der Waals surface area contributed by atoms with Crippen molar-refractivity contribution >= 4 is 34.2 Å². The van der Waals surface area contributed by atoms with Crippen LogP contribution in [0.5, 0.6) is 0 Å². The minimum absolute atomic E-state index is 0.157. The molecule has 0 saturated carbocycles. The van der Waals surface area contributed by atoms with E-state index in [9.17, 15) is 14.4 Å². The zero-order valence-corrected chi connectivity index (χ0v) is 16.1. The van der Waals surface area contributed by atoms with E-state index in [2.05, 4.69) is 5.32 Å². The predicted octanol–water partition coefficient (Wildman–Crippen LogP) is 2.70. The highest BCUT2D eigenvalue weighted by atomic mass is 16.5. The standard InChI is InChI=1S/C23H22N2O4/c1-25(19-11-3-2-4-12-19)22(27)16-29-23(28)15-24-21(26)14-18-10-7-9-17-8-5-6-13-20(17)18/h2-13H,14-16H2,1H3,(H,24,26). The lowest BCUT2D eigenvalue weighted by molar-refractivity contribution is -0.147. The Morgan fingerprint density at radius 1 is 0.897 bits per heavy atom. The normalized spacial score (nSPS) is 10.4. The van der Waals surface area contributed by atoms with E-state index in [0.29, 0.717) is 5.69 Å². The number of rotatable bonds is 7. The molecule has 0 bridgehead atoms. The van der Waals surface area contributed by atoms with Crippen LogP contribution in [0, 0.1) is 0 Å². The molecule has 0 aromatic heterocycles. The molecule has 0 aliphatic carbocycles. The second kappa shape index (κ2) is 9.50. The number of ether oxygens (including phenoxy) is 1. The van der Waals surface area contributed by atoms with E-state index in [0.717, 1.165) is 16.3 Å². The summed E-state index contributed by atoms with van der Waals surface area (Å²) in [7, 11) is 1.61. The zero-order valence-electron chi connectivity index (χ0n) is 16.1. The molecule has 0 heterocycles. The van der Waals surface area contributed by atoms with Gasteiger partial charge in [-0.2, -0.15) is 0 Å². The molecule has 1 N–H and O–H groups in total. The Morgan fingerprint density at radius 2 is 1.59 bits per heavy atom. The maximum Gasteiger partial charge on any atom is 0.325 e. The largest absolute Gasteiger partial charge is 0.454 e. The number of carbonyl (C=O) groups excluding carboxylic acids is 3. The van der Waals surface area contributed by atoms with E-state index >= 15 is 0 Å². The Balaban J connectivity index is 1.45. The van der Waals surface area contributed by atoms with Gasteiger partial charge in [-0.15, -0.1) is 0 Å². The van der Waals surface area contributed by atoms with Gasteiger partial charge in [-0.1, -0.05) is 60.7 Å². The molecule has 6 nitrogen and oxygen atoms in total. The number of likely N-dealkylation sites (N-methyl/N-ethyl adjacent to an activating group) is 1. The van der Waals surface area contributed by atoms with Crippen LogP contribution in [-0.4, -0.2) is 38.0 Å². The maximum atomic E-state index is 12.2. The lowest BCUT2D eigenvalue weighted by atomic mass is 10.0. The van der Waals surface area contributed by atoms with Crippen molar-refractivity contribution in [1.29, 1.82) is 0 Å². The number of hydrogen-bond donors (Lipinski definition) is 1. The second-order valence-electron chi connectivity index (χ2n) is 6.54. The van der Waals surface area contributed by atoms with Crippen LogP contribution in [-0.2, 0) is 25.5 Å². The Morgan fingerprint density at radius 3 is 2.38 bits per heavy atom. The van der Waals surface area contributed by atoms with Gasteiger partial charge < -0.3 is 15.0 Å². The first kappa shape index (κ1) is 20.1. The molecule has 3 aromatic rings. The predicted molar refractivity (Wildman–Crippen MR) is 111 cm³/mol. The minimum atomic E-state index is -0.661. The highest BCUT2D eigenvalue weighted by Crippen LogP contribution is 2.18. The van der Waals surface area contributed by atoms with Crippen LogP contribution in [0.4, 0.5) is 5.69 Å². The summed E-state index contributed by atoms with van der Waals surface area (Å²) in [6.45, 7) is -0.671. The maximum absolute atomic E-state index is 12.2. The van der Waals surface area contributed by atoms with E-state index < -0.39 is 5.97 Å². The topological polar surface area (TPSA) is 75.7 Å². The fraction of sp³-hybridized carbons (Fsp3) is 0.174. The van der Waals surface area contributed by atoms with Gasteiger partial charge in [0.05, 0.1) is 6.42 Å². The number of hydrogen-bond acceptors (Lipinski definition) is 4. The van der Waals surface area contributed by atoms with Crippen LogP contribution in [0.2, 0.25) is 0 Å². The van der Waals surface area contributed by atoms with Crippen LogP contribution in [0.1, 0.15) is 5.56 Å². The fourth-order valence-electron chi connectivity index (χ4n) is 2.94. The molecule has 0 aliphatic heterocycles. The van der Waals surface area contributed by atoms with E-state index in [1.54, 1.807) is 19.2 Å². The number of nitrogens with zero attached hydrogens (tertiary/aromatic N) is 1. The summed E-state index contributed by atoms with van der Waals surface area (Å²) in [6, 6.07) is 22.6. The molecular weight excluding hydrogens is 368 g/mol. The Hall–Kier alpha value is -3.67. The first-order valence-electron chi connectivity index (χ1n) is 9.25. The van der Waals surface area contributed by atoms with Gasteiger partial charge >= 0.3 is 5.97 Å². The Labute approximate surface area is 169 Å². The van der Waals surface area contributed by atoms with Crippen molar-refractivity contribution < 1.29 is 19.1 Å². The molecule has 148 valence electrons. The molecule has 29 heavy (non-hydrogen) atoms. The summed E-state index contributed by atoms with van der Waals surface area (Å²) in [5.41, 5.74) is 1.59. The highest BCUT2D eigenvalue weighted by Gasteiger charge is 2.14. The number of para-hydroxylation sites is 1. The number of fused-ring (bicyclic) bond motifs is 1. The van der Waals surface area contributed by atoms with Crippen molar-refractivity contribution in [2.75, 3.05) is 25.1 Å². The molecule has 2 amide bonds. The molecule has 0 spiro atoms. The van der Waals surface area contributed by atoms with E-state index in [4.69, 9.17) is 4.74 Å². The minimum Gasteiger partial charge on any atom is -0.454 e. The van der Waals surface area contributed by atoms with Crippen LogP contribution >= 0.6 is 0 Å². The van der Waals surface area contributed by atoms with Crippen molar-refractivity contribution in [3.63, 3.8) is 0 Å². The van der Waals surface area contributed by atoms with Gasteiger partial charge in [-0.25, -0.2) is 0 Å². The number of benzene rings is 3. The summed E-state index contributed by atoms with van der Waals surface area (Å²) in [4.78, 5) is 37.6. The third kappa shape index (κ3) is 5.42. The quantitative estimate of drug-likeness (QED) is 0.630. The van der Waals surface area contributed by atoms with Gasteiger partial charge in [0.15, 0.2) is 6.61 Å². The summed E-state index contributed by atoms with van der Waals surface area (Å²) in [6.07, 6.45) is 0.157. The molecule has 0 saturated heterocycles. The van der Waals surface area contributed by atoms with Crippen molar-refractivity contribution in [3.05, 3.63) is 78.4 Å². The van der Waals surface area contributed by atoms with Crippen LogP contribution in [0.15, 0.2) is 72.8 Å². The van der Waals surface area contributed by atoms with Gasteiger partial charge in [0.1, 0.15) is 6.54 Å². The lowest BCUT2D eigenvalue weighted by Crippen LogP contribution is -2.35. The van der Waals surface area contributed by atoms with Crippen molar-refractivity contribution in [3.8, 4) is 0 Å². The van der Waals surface area contributed by atoms with Gasteiger partial charge in [-0.05, 0) is 28.5 Å². The van der Waals surface area contributed by atoms with E-state index in [1.807, 2.05) is 60.7 Å². The molecule has 3 aromatic carbocycles. The first-order chi connectivity index (χ1) is 14.0. The Kier molecular flexibility index (Phi) is 6.58. The smallest absolute Gasteiger partial charge is 0.325 e. The molecule has 0 unspecified atom stereocenters. The highest BCUT2D eigenvalue weighted by molar-refractivity contribution is 5.95. The number of anilines is 1. The second-order valence-corrected chi connectivity index (χ2v) is 6.54. The van der Waals surface area contributed by atoms with Crippen LogP contribution < -0.4 is 10.2 Å². The van der Waals surface area contributed by atoms with Gasteiger partial charge in [0.25, 0.3) is 5.91 Å². The molecule has 0 fully saturated rings. The van der Waals surface area contributed by atoms with Crippen molar-refractivity contribution in [1.82, 2.24) is 5.32 Å². The lowest BCUT2D eigenvalue weighted by Gasteiger charge is -2.17. The summed E-state index contributed by atoms with van der Waals surface area (Å²) in [5.74, 6) is -1.30. The monoisotopic (exact) mass is 390 g/mol. The van der Waals surface area contributed by atoms with Crippen molar-refractivity contribution in [2.45, 2.75) is 6.42 Å². The first-order valence-corrected chi connectivity index (χ1v) is 9.25. The number of carbonyl (C=O) groups is 3. The van der Waals surface area contributed by atoms with Crippen molar-refractivity contribution in [2.24, 2.45) is 0 Å². The molecule has 6 heteroatoms. The average Bonchev–Trinajstić information content (AvgIpc) is 2.76. The molecule has 3 rings (SSSR count). The van der Waals surface area contributed by atoms with Gasteiger partial charge in [-0.3, -0.25) is 14.4 Å². The zero-order chi connectivity index (χ0) is 20.6. The number of esters is 1. The number of nitrogens with one attached hydrogen (secondary N) is 1. The molecule has 0 atom stereocenters. The van der Waals surface area contributed by atoms with Crippen LogP contribution in [0.25, 0.3) is 10.8 Å². The SMILES string of the molecule is CN(C(=O)COC(=O)CNC(=O)Cc1cccc2ccccc12)c1ccccc1. The summed E-state index contributed by atoms with van der Waals surface area (Å²) in [5, 5.41) is 4.60.